The van der Waals surface area contributed by atoms with Crippen LogP contribution in [0.5, 0.6) is 23.0 Å². The molecule has 0 spiro atoms. The van der Waals surface area contributed by atoms with Gasteiger partial charge in [-0.15, -0.1) is 0 Å². The van der Waals surface area contributed by atoms with Crippen LogP contribution in [0.1, 0.15) is 58.4 Å². The average molecular weight is 1110 g/mol. The van der Waals surface area contributed by atoms with E-state index in [4.69, 9.17) is 38.0 Å². The molecule has 8 aromatic carbocycles. The van der Waals surface area contributed by atoms with Crippen molar-refractivity contribution in [2.24, 2.45) is 0 Å². The molecule has 77 heavy (non-hydrogen) atoms. The predicted octanol–water partition coefficient (Wildman–Crippen LogP) is 11.7. The summed E-state index contributed by atoms with van der Waals surface area (Å²) < 4.78 is 43.0. The normalized spacial score (nSPS) is 12.4. The van der Waals surface area contributed by atoms with Crippen LogP contribution in [0.25, 0.3) is 22.3 Å². The molecule has 0 bridgehead atoms. The van der Waals surface area contributed by atoms with Gasteiger partial charge in [-0.25, -0.2) is 0 Å². The molecule has 2 aliphatic carbocycles. The molecule has 0 atom stereocenters. The first-order chi connectivity index (χ1) is 37.3. The van der Waals surface area contributed by atoms with Crippen LogP contribution in [-0.4, -0.2) is 85.8 Å². The van der Waals surface area contributed by atoms with Crippen molar-refractivity contribution in [3.05, 3.63) is 239 Å². The van der Waals surface area contributed by atoms with Gasteiger partial charge in [-0.05, 0) is 115 Å². The zero-order valence-electron chi connectivity index (χ0n) is 43.7. The Kier molecular flexibility index (Phi) is 20.9. The van der Waals surface area contributed by atoms with E-state index in [9.17, 15) is 9.59 Å². The number of carbonyl (C=O) groups excluding carboxylic acids is 3. The molecule has 12 heteroatoms. The number of carbonyl (C=O) groups is 1. The number of ether oxygens (including phenoxy) is 8. The van der Waals surface area contributed by atoms with E-state index in [1.807, 2.05) is 48.5 Å². The van der Waals surface area contributed by atoms with Gasteiger partial charge in [-0.1, -0.05) is 152 Å². The summed E-state index contributed by atoms with van der Waals surface area (Å²) in [5, 5.41) is 0. The minimum Gasteiger partial charge on any atom is -0.650 e. The molecule has 0 unspecified atom stereocenters. The van der Waals surface area contributed by atoms with Crippen molar-refractivity contribution >= 4 is 18.7 Å². The first-order valence-corrected chi connectivity index (χ1v) is 25.1. The number of methoxy groups -OCH3 is 2. The van der Waals surface area contributed by atoms with Crippen LogP contribution in [0.3, 0.4) is 0 Å². The molecule has 11 nitrogen and oxygen atoms in total. The topological polar surface area (TPSA) is 125 Å². The van der Waals surface area contributed by atoms with Crippen molar-refractivity contribution in [2.45, 2.75) is 24.7 Å². The summed E-state index contributed by atoms with van der Waals surface area (Å²) in [4.78, 5) is 29.9. The molecular formula is C65H60O11Y-2. The zero-order chi connectivity index (χ0) is 53.2. The van der Waals surface area contributed by atoms with Crippen LogP contribution in [0.4, 0.5) is 0 Å². The predicted molar refractivity (Wildman–Crippen MR) is 293 cm³/mol. The fourth-order valence-electron chi connectivity index (χ4n) is 10.3. The molecular weight excluding hydrogens is 1050 g/mol. The van der Waals surface area contributed by atoms with Crippen molar-refractivity contribution in [1.29, 1.82) is 0 Å². The minimum absolute atomic E-state index is 0. The minimum atomic E-state index is -0.494. The van der Waals surface area contributed by atoms with Crippen LogP contribution in [-0.2, 0) is 76.9 Å². The summed E-state index contributed by atoms with van der Waals surface area (Å²) in [5.41, 5.74) is 13.5. The van der Waals surface area contributed by atoms with Crippen molar-refractivity contribution in [2.75, 3.05) is 67.1 Å². The largest absolute Gasteiger partial charge is 0.650 e. The van der Waals surface area contributed by atoms with Gasteiger partial charge in [0.25, 0.3) is 0 Å². The molecule has 0 N–H and O–H groups in total. The number of hydrogen-bond donors (Lipinski definition) is 0. The molecule has 0 fully saturated rings. The maximum atomic E-state index is 11.0. The SMILES string of the molecule is COCCOc1ccc(C2(c3ccc(OCCOC(C)=O)cc3)c3ccccc3-c3ccccc32)cc1.COCCOc1ccc(C2(c3ccc(OCCO[C-]=O)cc3)c3ccccc3-c3ccccc32)cc1.C[C-]=O.[Y]. The molecule has 391 valence electrons. The summed E-state index contributed by atoms with van der Waals surface area (Å²) in [7, 11) is 3.33. The Morgan fingerprint density at radius 1 is 0.390 bits per heavy atom. The van der Waals surface area contributed by atoms with E-state index < -0.39 is 10.8 Å². The van der Waals surface area contributed by atoms with Crippen LogP contribution < -0.4 is 18.9 Å². The van der Waals surface area contributed by atoms with E-state index in [1.54, 1.807) is 14.2 Å². The molecule has 0 saturated carbocycles. The Morgan fingerprint density at radius 2 is 0.649 bits per heavy atom. The van der Waals surface area contributed by atoms with Gasteiger partial charge >= 0.3 is 5.97 Å². The second-order valence-electron chi connectivity index (χ2n) is 17.6. The molecule has 10 rings (SSSR count). The smallest absolute Gasteiger partial charge is 0.302 e. The summed E-state index contributed by atoms with van der Waals surface area (Å²) in [6.45, 7) is 7.19. The molecule has 0 heterocycles. The number of fused-ring (bicyclic) bond motifs is 6. The maximum absolute atomic E-state index is 11.0. The first kappa shape index (κ1) is 57.3. The third-order valence-electron chi connectivity index (χ3n) is 13.3. The average Bonchev–Trinajstić information content (AvgIpc) is 4.08. The molecule has 1 radical (unpaired) electrons. The van der Waals surface area contributed by atoms with E-state index in [0.717, 1.165) is 39.5 Å². The van der Waals surface area contributed by atoms with Gasteiger partial charge in [0.1, 0.15) is 56.0 Å². The number of benzene rings is 8. The molecule has 0 aliphatic heterocycles. The van der Waals surface area contributed by atoms with Crippen molar-refractivity contribution in [1.82, 2.24) is 0 Å². The Balaban J connectivity index is 0.000000210. The molecule has 0 saturated heterocycles. The van der Waals surface area contributed by atoms with Crippen LogP contribution in [0, 0.1) is 0 Å². The van der Waals surface area contributed by atoms with E-state index in [2.05, 4.69) is 150 Å². The molecule has 8 aromatic rings. The zero-order valence-corrected chi connectivity index (χ0v) is 46.5. The Hall–Kier alpha value is -7.41. The van der Waals surface area contributed by atoms with E-state index in [-0.39, 0.29) is 58.5 Å². The third kappa shape index (κ3) is 12.6. The van der Waals surface area contributed by atoms with Crippen molar-refractivity contribution in [3.63, 3.8) is 0 Å². The molecule has 0 amide bonds. The van der Waals surface area contributed by atoms with E-state index in [1.165, 1.54) is 71.1 Å². The molecule has 0 aromatic heterocycles. The summed E-state index contributed by atoms with van der Waals surface area (Å²) in [5.74, 6) is 2.75. The number of hydrogen-bond acceptors (Lipinski definition) is 11. The van der Waals surface area contributed by atoms with Crippen molar-refractivity contribution < 1.29 is 85.0 Å². The van der Waals surface area contributed by atoms with Crippen molar-refractivity contribution in [3.8, 4) is 45.3 Å². The summed E-state index contributed by atoms with van der Waals surface area (Å²) in [6.07, 6.45) is 1.50. The van der Waals surface area contributed by atoms with Crippen LogP contribution in [0.15, 0.2) is 194 Å². The van der Waals surface area contributed by atoms with E-state index >= 15 is 0 Å². The fraction of sp³-hybridized carbons (Fsp3) is 0.215. The van der Waals surface area contributed by atoms with E-state index in [0.29, 0.717) is 38.8 Å². The van der Waals surface area contributed by atoms with Gasteiger partial charge < -0.3 is 47.5 Å². The van der Waals surface area contributed by atoms with Crippen LogP contribution in [0.2, 0.25) is 0 Å². The molecule has 2 aliphatic rings. The third-order valence-corrected chi connectivity index (χ3v) is 13.3. The van der Waals surface area contributed by atoms with Crippen LogP contribution >= 0.6 is 0 Å². The first-order valence-electron chi connectivity index (χ1n) is 25.1. The quantitative estimate of drug-likeness (QED) is 0.0388. The standard InChI is InChI=1S/C32H30O5.C31H27O5.C2H3O.Y/c1-23(33)35-21-22-37-27-17-13-25(14-18-27)32(24-11-15-26(16-12-24)36-20-19-34-2)30-9-5-3-7-28(30)29-8-4-6-10-31(29)32;1-33-18-20-35-25-14-10-23(11-15-25)31(24-12-16-26(17-13-24)36-21-19-34-22-32)29-8-4-2-6-27(29)28-7-3-5-9-30(28)31;1-2-3;/h3-18H,19-22H2,1-2H3;2-17H,18-21H2,1H3;1H3;/q;2*-1;. The second kappa shape index (κ2) is 28.1. The fourth-order valence-corrected chi connectivity index (χ4v) is 10.3. The summed E-state index contributed by atoms with van der Waals surface area (Å²) >= 11 is 0. The Labute approximate surface area is 476 Å². The van der Waals surface area contributed by atoms with Gasteiger partial charge in [0.2, 0.25) is 0 Å². The Bertz CT molecular complexity index is 3070. The van der Waals surface area contributed by atoms with Gasteiger partial charge in [-0.2, -0.15) is 6.92 Å². The maximum Gasteiger partial charge on any atom is 0.302 e. The van der Waals surface area contributed by atoms with Gasteiger partial charge in [0, 0.05) is 53.9 Å². The second-order valence-corrected chi connectivity index (χ2v) is 17.6. The van der Waals surface area contributed by atoms with Gasteiger partial charge in [0.15, 0.2) is 0 Å². The van der Waals surface area contributed by atoms with Gasteiger partial charge in [0.05, 0.1) is 30.7 Å². The summed E-state index contributed by atoms with van der Waals surface area (Å²) in [6, 6.07) is 67.6. The monoisotopic (exact) mass is 1110 g/mol. The number of esters is 1. The number of rotatable bonds is 21. The van der Waals surface area contributed by atoms with Gasteiger partial charge in [-0.3, -0.25) is 11.1 Å². The Morgan fingerprint density at radius 3 is 0.909 bits per heavy atom.